The molecule has 0 aliphatic carbocycles. The minimum atomic E-state index is 0. The lowest BCUT2D eigenvalue weighted by molar-refractivity contribution is 0.183. The minimum absolute atomic E-state index is 0. The SMILES string of the molecule is CCN1CCCC(CNC(=NC)NCCc2ccc(Cl)nc2)C1.I. The third-order valence-electron chi connectivity index (χ3n) is 4.33. The highest BCUT2D eigenvalue weighted by Gasteiger charge is 2.18. The maximum absolute atomic E-state index is 5.80. The van der Waals surface area contributed by atoms with E-state index in [2.05, 4.69) is 32.4 Å². The van der Waals surface area contributed by atoms with Gasteiger partial charge in [-0.3, -0.25) is 4.99 Å². The van der Waals surface area contributed by atoms with Crippen LogP contribution in [0.1, 0.15) is 25.3 Å². The first-order chi connectivity index (χ1) is 11.2. The molecule has 0 aromatic carbocycles. The summed E-state index contributed by atoms with van der Waals surface area (Å²) in [5, 5.41) is 7.35. The van der Waals surface area contributed by atoms with Crippen molar-refractivity contribution in [3.8, 4) is 0 Å². The summed E-state index contributed by atoms with van der Waals surface area (Å²) >= 11 is 5.80. The van der Waals surface area contributed by atoms with Gasteiger partial charge in [0.1, 0.15) is 5.15 Å². The van der Waals surface area contributed by atoms with E-state index in [0.717, 1.165) is 32.0 Å². The first-order valence-corrected chi connectivity index (χ1v) is 8.86. The molecule has 1 aromatic heterocycles. The lowest BCUT2D eigenvalue weighted by Crippen LogP contribution is -2.44. The van der Waals surface area contributed by atoms with Crippen LogP contribution in [0.5, 0.6) is 0 Å². The summed E-state index contributed by atoms with van der Waals surface area (Å²) in [6.45, 7) is 7.64. The van der Waals surface area contributed by atoms with Crippen LogP contribution in [0.4, 0.5) is 0 Å². The molecule has 5 nitrogen and oxygen atoms in total. The molecule has 2 heterocycles. The number of hydrogen-bond acceptors (Lipinski definition) is 3. The molecule has 2 rings (SSSR count). The standard InChI is InChI=1S/C17H28ClN5.HI/c1-3-23-10-4-5-15(13-23)12-22-17(19-2)20-9-8-14-6-7-16(18)21-11-14;/h6-7,11,15H,3-5,8-10,12-13H2,1-2H3,(H2,19,20,22);1H. The second-order valence-electron chi connectivity index (χ2n) is 6.02. The normalized spacial score (nSPS) is 18.8. The molecule has 2 N–H and O–H groups in total. The van der Waals surface area contributed by atoms with Gasteiger partial charge in [-0.15, -0.1) is 24.0 Å². The molecule has 7 heteroatoms. The van der Waals surface area contributed by atoms with Crippen molar-refractivity contribution in [2.45, 2.75) is 26.2 Å². The molecule has 0 radical (unpaired) electrons. The van der Waals surface area contributed by atoms with Gasteiger partial charge in [0.25, 0.3) is 0 Å². The Balaban J connectivity index is 0.00000288. The summed E-state index contributed by atoms with van der Waals surface area (Å²) in [6, 6.07) is 3.83. The number of nitrogens with zero attached hydrogens (tertiary/aromatic N) is 3. The third kappa shape index (κ3) is 7.53. The molecule has 0 saturated carbocycles. The van der Waals surface area contributed by atoms with Crippen molar-refractivity contribution < 1.29 is 0 Å². The number of piperidine rings is 1. The Morgan fingerprint density at radius 1 is 1.42 bits per heavy atom. The summed E-state index contributed by atoms with van der Waals surface area (Å²) in [5.74, 6) is 1.59. The zero-order valence-corrected chi connectivity index (χ0v) is 17.7. The number of likely N-dealkylation sites (tertiary alicyclic amines) is 1. The molecule has 1 fully saturated rings. The number of nitrogens with one attached hydrogen (secondary N) is 2. The molecule has 1 saturated heterocycles. The fraction of sp³-hybridized carbons (Fsp3) is 0.647. The van der Waals surface area contributed by atoms with E-state index in [1.165, 1.54) is 31.5 Å². The number of aliphatic imine (C=N–C) groups is 1. The molecule has 1 aliphatic heterocycles. The summed E-state index contributed by atoms with van der Waals surface area (Å²) in [7, 11) is 1.82. The number of aromatic nitrogens is 1. The summed E-state index contributed by atoms with van der Waals surface area (Å²) in [6.07, 6.45) is 5.33. The van der Waals surface area contributed by atoms with E-state index in [1.807, 2.05) is 25.4 Å². The Morgan fingerprint density at radius 3 is 2.92 bits per heavy atom. The van der Waals surface area contributed by atoms with E-state index in [1.54, 1.807) is 0 Å². The predicted molar refractivity (Wildman–Crippen MR) is 113 cm³/mol. The summed E-state index contributed by atoms with van der Waals surface area (Å²) in [5.41, 5.74) is 1.17. The molecule has 1 aromatic rings. The third-order valence-corrected chi connectivity index (χ3v) is 4.55. The average molecular weight is 466 g/mol. The highest BCUT2D eigenvalue weighted by Crippen LogP contribution is 2.15. The molecule has 136 valence electrons. The van der Waals surface area contributed by atoms with Crippen molar-refractivity contribution in [3.63, 3.8) is 0 Å². The molecule has 1 unspecified atom stereocenters. The fourth-order valence-electron chi connectivity index (χ4n) is 2.95. The molecule has 0 amide bonds. The van der Waals surface area contributed by atoms with Crippen LogP contribution in [0.2, 0.25) is 5.15 Å². The number of halogens is 2. The van der Waals surface area contributed by atoms with E-state index >= 15 is 0 Å². The fourth-order valence-corrected chi connectivity index (χ4v) is 3.06. The van der Waals surface area contributed by atoms with Crippen LogP contribution in [-0.4, -0.2) is 55.6 Å². The molecule has 1 aliphatic rings. The van der Waals surface area contributed by atoms with Crippen molar-refractivity contribution in [2.75, 3.05) is 39.8 Å². The van der Waals surface area contributed by atoms with Gasteiger partial charge in [-0.2, -0.15) is 0 Å². The highest BCUT2D eigenvalue weighted by molar-refractivity contribution is 14.0. The van der Waals surface area contributed by atoms with E-state index in [9.17, 15) is 0 Å². The monoisotopic (exact) mass is 465 g/mol. The van der Waals surface area contributed by atoms with Gasteiger partial charge < -0.3 is 15.5 Å². The maximum Gasteiger partial charge on any atom is 0.190 e. The van der Waals surface area contributed by atoms with Gasteiger partial charge in [-0.1, -0.05) is 24.6 Å². The second-order valence-corrected chi connectivity index (χ2v) is 6.41. The van der Waals surface area contributed by atoms with Crippen LogP contribution in [0.25, 0.3) is 0 Å². The van der Waals surface area contributed by atoms with Crippen LogP contribution < -0.4 is 10.6 Å². The van der Waals surface area contributed by atoms with Gasteiger partial charge in [-0.25, -0.2) is 4.98 Å². The van der Waals surface area contributed by atoms with Crippen LogP contribution in [0, 0.1) is 5.92 Å². The van der Waals surface area contributed by atoms with E-state index < -0.39 is 0 Å². The quantitative estimate of drug-likeness (QED) is 0.294. The van der Waals surface area contributed by atoms with Gasteiger partial charge in [0.05, 0.1) is 0 Å². The maximum atomic E-state index is 5.80. The van der Waals surface area contributed by atoms with Crippen molar-refractivity contribution >= 4 is 41.5 Å². The van der Waals surface area contributed by atoms with Crippen molar-refractivity contribution in [3.05, 3.63) is 29.0 Å². The van der Waals surface area contributed by atoms with Gasteiger partial charge in [0.2, 0.25) is 0 Å². The Labute approximate surface area is 167 Å². The smallest absolute Gasteiger partial charge is 0.190 e. The Bertz CT molecular complexity index is 494. The molecule has 0 bridgehead atoms. The molecule has 1 atom stereocenters. The lowest BCUT2D eigenvalue weighted by atomic mass is 9.98. The van der Waals surface area contributed by atoms with Crippen molar-refractivity contribution in [1.82, 2.24) is 20.5 Å². The van der Waals surface area contributed by atoms with E-state index in [0.29, 0.717) is 11.1 Å². The van der Waals surface area contributed by atoms with E-state index in [-0.39, 0.29) is 24.0 Å². The molecule has 0 spiro atoms. The van der Waals surface area contributed by atoms with Gasteiger partial charge in [0, 0.05) is 32.9 Å². The van der Waals surface area contributed by atoms with Gasteiger partial charge >= 0.3 is 0 Å². The Kier molecular flexibility index (Phi) is 10.6. The molecule has 24 heavy (non-hydrogen) atoms. The largest absolute Gasteiger partial charge is 0.356 e. The highest BCUT2D eigenvalue weighted by atomic mass is 127. The minimum Gasteiger partial charge on any atom is -0.356 e. The number of hydrogen-bond donors (Lipinski definition) is 2. The lowest BCUT2D eigenvalue weighted by Gasteiger charge is -2.32. The number of guanidine groups is 1. The van der Waals surface area contributed by atoms with Crippen LogP contribution >= 0.6 is 35.6 Å². The van der Waals surface area contributed by atoms with Gasteiger partial charge in [-0.05, 0) is 49.9 Å². The first-order valence-electron chi connectivity index (χ1n) is 8.48. The number of rotatable bonds is 6. The Morgan fingerprint density at radius 2 is 2.25 bits per heavy atom. The zero-order chi connectivity index (χ0) is 16.5. The second kappa shape index (κ2) is 11.9. The predicted octanol–water partition coefficient (Wildman–Crippen LogP) is 2.79. The summed E-state index contributed by atoms with van der Waals surface area (Å²) in [4.78, 5) is 10.9. The summed E-state index contributed by atoms with van der Waals surface area (Å²) < 4.78 is 0. The van der Waals surface area contributed by atoms with Crippen molar-refractivity contribution in [1.29, 1.82) is 0 Å². The number of pyridine rings is 1. The van der Waals surface area contributed by atoms with Crippen LogP contribution in [-0.2, 0) is 6.42 Å². The van der Waals surface area contributed by atoms with Gasteiger partial charge in [0.15, 0.2) is 5.96 Å². The molecular formula is C17H29ClIN5. The molecular weight excluding hydrogens is 437 g/mol. The Hall–Kier alpha value is -0.600. The zero-order valence-electron chi connectivity index (χ0n) is 14.6. The van der Waals surface area contributed by atoms with Crippen LogP contribution in [0.3, 0.4) is 0 Å². The van der Waals surface area contributed by atoms with E-state index in [4.69, 9.17) is 11.6 Å². The van der Waals surface area contributed by atoms with Crippen molar-refractivity contribution in [2.24, 2.45) is 10.9 Å². The first kappa shape index (κ1) is 21.4. The average Bonchev–Trinajstić information content (AvgIpc) is 2.59. The topological polar surface area (TPSA) is 52.5 Å². The van der Waals surface area contributed by atoms with Crippen LogP contribution in [0.15, 0.2) is 23.3 Å².